The van der Waals surface area contributed by atoms with Gasteiger partial charge in [0, 0.05) is 36.4 Å². The lowest BCUT2D eigenvalue weighted by Crippen LogP contribution is -2.38. The zero-order valence-corrected chi connectivity index (χ0v) is 26.7. The highest BCUT2D eigenvalue weighted by Crippen LogP contribution is 2.32. The number of hydrogen-bond donors (Lipinski definition) is 3. The first kappa shape index (κ1) is 33.6. The fourth-order valence-electron chi connectivity index (χ4n) is 5.16. The van der Waals surface area contributed by atoms with Crippen LogP contribution in [0.1, 0.15) is 69.7 Å². The SMILES string of the molecule is CCCCN1CCC(Oc2ccc(C(=O)Nc3ccc(Oc4ccc(NC(=O)NC(CC)CC)cc4)cc3F)cc2OC)CC1. The molecule has 242 valence electrons. The fraction of sp³-hybridized carbons (Fsp3) is 0.429. The van der Waals surface area contributed by atoms with Crippen molar-refractivity contribution in [2.45, 2.75) is 71.4 Å². The molecule has 0 atom stereocenters. The molecule has 0 bridgehead atoms. The summed E-state index contributed by atoms with van der Waals surface area (Å²) in [5.74, 6) is 0.642. The van der Waals surface area contributed by atoms with Crippen LogP contribution < -0.4 is 30.2 Å². The number of piperidine rings is 1. The van der Waals surface area contributed by atoms with Gasteiger partial charge in [0.2, 0.25) is 0 Å². The van der Waals surface area contributed by atoms with Crippen LogP contribution in [0.15, 0.2) is 60.7 Å². The molecule has 1 aliphatic rings. The van der Waals surface area contributed by atoms with Crippen molar-refractivity contribution in [3.05, 3.63) is 72.0 Å². The van der Waals surface area contributed by atoms with Crippen LogP contribution in [0.3, 0.4) is 0 Å². The van der Waals surface area contributed by atoms with Crippen molar-refractivity contribution in [3.63, 3.8) is 0 Å². The molecule has 1 heterocycles. The van der Waals surface area contributed by atoms with Crippen molar-refractivity contribution in [1.29, 1.82) is 0 Å². The Hall–Kier alpha value is -4.31. The molecule has 0 aliphatic carbocycles. The van der Waals surface area contributed by atoms with Crippen LogP contribution in [-0.2, 0) is 0 Å². The van der Waals surface area contributed by atoms with E-state index in [4.69, 9.17) is 14.2 Å². The third kappa shape index (κ3) is 9.84. The molecule has 0 radical (unpaired) electrons. The number of urea groups is 1. The number of nitrogens with zero attached hydrogens (tertiary/aromatic N) is 1. The second kappa shape index (κ2) is 16.7. The normalized spacial score (nSPS) is 13.7. The van der Waals surface area contributed by atoms with Gasteiger partial charge < -0.3 is 35.1 Å². The molecule has 0 unspecified atom stereocenters. The molecule has 45 heavy (non-hydrogen) atoms. The quantitative estimate of drug-likeness (QED) is 0.170. The number of amides is 3. The lowest BCUT2D eigenvalue weighted by Gasteiger charge is -2.32. The van der Waals surface area contributed by atoms with Gasteiger partial charge in [0.25, 0.3) is 5.91 Å². The van der Waals surface area contributed by atoms with E-state index in [2.05, 4.69) is 27.8 Å². The number of ether oxygens (including phenoxy) is 3. The summed E-state index contributed by atoms with van der Waals surface area (Å²) in [5, 5.41) is 8.33. The molecule has 9 nitrogen and oxygen atoms in total. The van der Waals surface area contributed by atoms with Gasteiger partial charge in [0.1, 0.15) is 23.4 Å². The van der Waals surface area contributed by atoms with Gasteiger partial charge in [-0.2, -0.15) is 0 Å². The molecule has 0 aromatic heterocycles. The largest absolute Gasteiger partial charge is 0.493 e. The zero-order valence-electron chi connectivity index (χ0n) is 26.7. The van der Waals surface area contributed by atoms with Gasteiger partial charge in [-0.15, -0.1) is 0 Å². The second-order valence-electron chi connectivity index (χ2n) is 11.2. The van der Waals surface area contributed by atoms with Gasteiger partial charge in [-0.05, 0) is 93.2 Å². The van der Waals surface area contributed by atoms with Crippen molar-refractivity contribution in [2.75, 3.05) is 37.4 Å². The van der Waals surface area contributed by atoms with Gasteiger partial charge >= 0.3 is 6.03 Å². The predicted molar refractivity (Wildman–Crippen MR) is 175 cm³/mol. The number of unbranched alkanes of at least 4 members (excludes halogenated alkanes) is 1. The lowest BCUT2D eigenvalue weighted by molar-refractivity contribution is 0.0971. The standard InChI is InChI=1S/C35H45FN4O5/c1-5-8-19-40-20-17-28(18-21-40)45-32-16-9-24(22-33(32)43-4)34(41)39-31-15-14-29(23-30(31)36)44-27-12-10-26(11-13-27)38-35(42)37-25(6-2)7-3/h9-16,22-23,25,28H,5-8,17-21H2,1-4H3,(H,39,41)(H2,37,38,42). The van der Waals surface area contributed by atoms with Gasteiger partial charge in [0.15, 0.2) is 11.5 Å². The Kier molecular flexibility index (Phi) is 12.4. The molecule has 1 aliphatic heterocycles. The summed E-state index contributed by atoms with van der Waals surface area (Å²) in [6, 6.07) is 15.8. The minimum atomic E-state index is -0.644. The topological polar surface area (TPSA) is 101 Å². The van der Waals surface area contributed by atoms with Crippen LogP contribution in [0.2, 0.25) is 0 Å². The Morgan fingerprint density at radius 1 is 0.911 bits per heavy atom. The summed E-state index contributed by atoms with van der Waals surface area (Å²) in [6.45, 7) is 9.38. The minimum absolute atomic E-state index is 0.0181. The highest BCUT2D eigenvalue weighted by Gasteiger charge is 2.22. The third-order valence-electron chi connectivity index (χ3n) is 7.94. The van der Waals surface area contributed by atoms with E-state index in [1.165, 1.54) is 32.1 Å². The maximum Gasteiger partial charge on any atom is 0.319 e. The summed E-state index contributed by atoms with van der Waals surface area (Å²) in [7, 11) is 1.53. The van der Waals surface area contributed by atoms with E-state index in [1.54, 1.807) is 48.5 Å². The first-order chi connectivity index (χ1) is 21.8. The van der Waals surface area contributed by atoms with E-state index < -0.39 is 11.7 Å². The molecular formula is C35H45FN4O5. The van der Waals surface area contributed by atoms with E-state index >= 15 is 0 Å². The van der Waals surface area contributed by atoms with Gasteiger partial charge in [0.05, 0.1) is 12.8 Å². The number of benzene rings is 3. The summed E-state index contributed by atoms with van der Waals surface area (Å²) in [5.41, 5.74) is 0.939. The molecular weight excluding hydrogens is 575 g/mol. The number of carbonyl (C=O) groups excluding carboxylic acids is 2. The average Bonchev–Trinajstić information content (AvgIpc) is 3.05. The van der Waals surface area contributed by atoms with Crippen molar-refractivity contribution >= 4 is 23.3 Å². The summed E-state index contributed by atoms with van der Waals surface area (Å²) >= 11 is 0. The molecule has 4 rings (SSSR count). The first-order valence-electron chi connectivity index (χ1n) is 15.8. The van der Waals surface area contributed by atoms with Crippen LogP contribution in [0, 0.1) is 5.82 Å². The number of halogens is 1. The molecule has 3 aromatic carbocycles. The Bertz CT molecular complexity index is 1410. The average molecular weight is 621 g/mol. The number of nitrogens with one attached hydrogen (secondary N) is 3. The molecule has 3 amide bonds. The van der Waals surface area contributed by atoms with E-state index in [0.717, 1.165) is 45.3 Å². The fourth-order valence-corrected chi connectivity index (χ4v) is 5.16. The third-order valence-corrected chi connectivity index (χ3v) is 7.94. The Morgan fingerprint density at radius 3 is 2.27 bits per heavy atom. The second-order valence-corrected chi connectivity index (χ2v) is 11.2. The molecule has 0 spiro atoms. The Morgan fingerprint density at radius 2 is 1.62 bits per heavy atom. The van der Waals surface area contributed by atoms with Gasteiger partial charge in [-0.1, -0.05) is 27.2 Å². The summed E-state index contributed by atoms with van der Waals surface area (Å²) in [4.78, 5) is 27.6. The minimum Gasteiger partial charge on any atom is -0.493 e. The maximum absolute atomic E-state index is 15.0. The summed E-state index contributed by atoms with van der Waals surface area (Å²) in [6.07, 6.45) is 6.07. The number of hydrogen-bond acceptors (Lipinski definition) is 6. The predicted octanol–water partition coefficient (Wildman–Crippen LogP) is 7.83. The molecule has 10 heteroatoms. The van der Waals surface area contributed by atoms with Crippen LogP contribution in [0.4, 0.5) is 20.6 Å². The number of likely N-dealkylation sites (tertiary alicyclic amines) is 1. The van der Waals surface area contributed by atoms with Crippen LogP contribution in [-0.4, -0.2) is 55.7 Å². The van der Waals surface area contributed by atoms with Crippen molar-refractivity contribution in [3.8, 4) is 23.0 Å². The van der Waals surface area contributed by atoms with E-state index in [0.29, 0.717) is 28.5 Å². The number of rotatable bonds is 14. The first-order valence-corrected chi connectivity index (χ1v) is 15.8. The van der Waals surface area contributed by atoms with E-state index in [1.807, 2.05) is 13.8 Å². The molecule has 1 saturated heterocycles. The zero-order chi connectivity index (χ0) is 32.2. The van der Waals surface area contributed by atoms with E-state index in [-0.39, 0.29) is 29.6 Å². The van der Waals surface area contributed by atoms with Gasteiger partial charge in [-0.25, -0.2) is 9.18 Å². The highest BCUT2D eigenvalue weighted by atomic mass is 19.1. The van der Waals surface area contributed by atoms with Crippen molar-refractivity contribution in [1.82, 2.24) is 10.2 Å². The molecule has 3 aromatic rings. The monoisotopic (exact) mass is 620 g/mol. The maximum atomic E-state index is 15.0. The molecule has 0 saturated carbocycles. The van der Waals surface area contributed by atoms with Crippen LogP contribution in [0.25, 0.3) is 0 Å². The van der Waals surface area contributed by atoms with E-state index in [9.17, 15) is 14.0 Å². The summed E-state index contributed by atoms with van der Waals surface area (Å²) < 4.78 is 32.5. The number of methoxy groups -OCH3 is 1. The molecule has 1 fully saturated rings. The van der Waals surface area contributed by atoms with Crippen LogP contribution >= 0.6 is 0 Å². The van der Waals surface area contributed by atoms with Crippen LogP contribution in [0.5, 0.6) is 23.0 Å². The number of anilines is 2. The lowest BCUT2D eigenvalue weighted by atomic mass is 10.1. The highest BCUT2D eigenvalue weighted by molar-refractivity contribution is 6.04. The van der Waals surface area contributed by atoms with Crippen molar-refractivity contribution in [2.24, 2.45) is 0 Å². The molecule has 3 N–H and O–H groups in total. The Labute approximate surface area is 265 Å². The smallest absolute Gasteiger partial charge is 0.319 e. The number of carbonyl (C=O) groups is 2. The van der Waals surface area contributed by atoms with Crippen molar-refractivity contribution < 1.29 is 28.2 Å². The van der Waals surface area contributed by atoms with Gasteiger partial charge in [-0.3, -0.25) is 4.79 Å². The Balaban J connectivity index is 1.31.